The van der Waals surface area contributed by atoms with Crippen LogP contribution in [0.25, 0.3) is 11.0 Å². The summed E-state index contributed by atoms with van der Waals surface area (Å²) >= 11 is 1.76. The molecule has 0 saturated heterocycles. The van der Waals surface area contributed by atoms with Gasteiger partial charge in [0, 0.05) is 33.9 Å². The van der Waals surface area contributed by atoms with E-state index in [1.54, 1.807) is 43.1 Å². The first-order valence-corrected chi connectivity index (χ1v) is 11.7. The largest absolute Gasteiger partial charge is 0.497 e. The third kappa shape index (κ3) is 4.49. The van der Waals surface area contributed by atoms with Crippen LogP contribution in [0.2, 0.25) is 0 Å². The molecule has 0 aliphatic carbocycles. The zero-order valence-electron chi connectivity index (χ0n) is 18.9. The SMILES string of the molecule is COc1ccc(CSc2ccc(CN3C(=O)OCc4cnc5nc(OC)ccc5c43)cc2)cc1. The van der Waals surface area contributed by atoms with Crippen molar-refractivity contribution in [2.75, 3.05) is 19.1 Å². The molecule has 0 atom stereocenters. The number of hydrogen-bond acceptors (Lipinski definition) is 7. The molecular formula is C26H23N3O4S. The Labute approximate surface area is 201 Å². The molecule has 7 nitrogen and oxygen atoms in total. The van der Waals surface area contributed by atoms with Crippen molar-refractivity contribution >= 4 is 34.6 Å². The fourth-order valence-electron chi connectivity index (χ4n) is 3.84. The van der Waals surface area contributed by atoms with Crippen LogP contribution in [0.5, 0.6) is 11.6 Å². The van der Waals surface area contributed by atoms with Crippen LogP contribution in [0, 0.1) is 0 Å². The Kier molecular flexibility index (Phi) is 6.22. The first-order valence-electron chi connectivity index (χ1n) is 10.8. The van der Waals surface area contributed by atoms with Gasteiger partial charge in [-0.25, -0.2) is 9.78 Å². The predicted molar refractivity (Wildman–Crippen MR) is 131 cm³/mol. The molecule has 1 aliphatic heterocycles. The molecule has 5 rings (SSSR count). The van der Waals surface area contributed by atoms with Crippen molar-refractivity contribution in [1.29, 1.82) is 0 Å². The van der Waals surface area contributed by atoms with Crippen molar-refractivity contribution in [2.24, 2.45) is 0 Å². The molecule has 3 heterocycles. The molecule has 8 heteroatoms. The average Bonchev–Trinajstić information content (AvgIpc) is 2.89. The molecule has 2 aromatic carbocycles. The monoisotopic (exact) mass is 473 g/mol. The van der Waals surface area contributed by atoms with Crippen molar-refractivity contribution < 1.29 is 19.0 Å². The first kappa shape index (κ1) is 22.0. The normalized spacial score (nSPS) is 12.9. The number of carbonyl (C=O) groups excluding carboxylic acids is 1. The van der Waals surface area contributed by atoms with Crippen molar-refractivity contribution in [3.8, 4) is 11.6 Å². The Balaban J connectivity index is 1.34. The summed E-state index contributed by atoms with van der Waals surface area (Å²) in [5.74, 6) is 2.20. The maximum Gasteiger partial charge on any atom is 0.414 e. The second-order valence-corrected chi connectivity index (χ2v) is 8.83. The van der Waals surface area contributed by atoms with E-state index in [1.807, 2.05) is 30.3 Å². The molecule has 0 spiro atoms. The van der Waals surface area contributed by atoms with E-state index >= 15 is 0 Å². The lowest BCUT2D eigenvalue weighted by Crippen LogP contribution is -2.35. The zero-order valence-corrected chi connectivity index (χ0v) is 19.7. The van der Waals surface area contributed by atoms with Crippen molar-refractivity contribution in [1.82, 2.24) is 9.97 Å². The number of carbonyl (C=O) groups is 1. The Morgan fingerprint density at radius 3 is 2.47 bits per heavy atom. The Hall–Kier alpha value is -3.78. The van der Waals surface area contributed by atoms with Gasteiger partial charge in [0.1, 0.15) is 12.4 Å². The highest BCUT2D eigenvalue weighted by atomic mass is 32.2. The van der Waals surface area contributed by atoms with E-state index in [0.29, 0.717) is 18.1 Å². The summed E-state index contributed by atoms with van der Waals surface area (Å²) in [4.78, 5) is 24.4. The number of ether oxygens (including phenoxy) is 3. The standard InChI is InChI=1S/C26H23N3O4S/c1-31-20-7-3-18(4-8-20)16-34-21-9-5-17(6-10-21)14-29-24-19(15-33-26(29)30)13-27-25-22(24)11-12-23(28-25)32-2/h3-13H,14-16H2,1-2H3. The smallest absolute Gasteiger partial charge is 0.414 e. The number of cyclic esters (lactones) is 1. The number of hydrogen-bond donors (Lipinski definition) is 0. The number of benzene rings is 2. The molecule has 4 aromatic rings. The molecule has 1 aliphatic rings. The number of nitrogens with zero attached hydrogens (tertiary/aromatic N) is 3. The van der Waals surface area contributed by atoms with E-state index in [1.165, 1.54) is 5.56 Å². The number of thioether (sulfide) groups is 1. The van der Waals surface area contributed by atoms with Crippen LogP contribution in [0.3, 0.4) is 0 Å². The van der Waals surface area contributed by atoms with E-state index in [4.69, 9.17) is 14.2 Å². The van der Waals surface area contributed by atoms with E-state index in [0.717, 1.165) is 38.6 Å². The van der Waals surface area contributed by atoms with Crippen molar-refractivity contribution in [2.45, 2.75) is 23.8 Å². The fourth-order valence-corrected chi connectivity index (χ4v) is 4.69. The lowest BCUT2D eigenvalue weighted by Gasteiger charge is -2.29. The van der Waals surface area contributed by atoms with Gasteiger partial charge in [0.15, 0.2) is 5.65 Å². The predicted octanol–water partition coefficient (Wildman–Crippen LogP) is 5.60. The maximum atomic E-state index is 12.7. The first-order chi connectivity index (χ1) is 16.6. The van der Waals surface area contributed by atoms with Crippen LogP contribution in [-0.2, 0) is 23.6 Å². The van der Waals surface area contributed by atoms with Gasteiger partial charge in [-0.1, -0.05) is 24.3 Å². The van der Waals surface area contributed by atoms with E-state index < -0.39 is 0 Å². The van der Waals surface area contributed by atoms with Gasteiger partial charge in [-0.05, 0) is 41.5 Å². The second-order valence-electron chi connectivity index (χ2n) is 7.78. The maximum absolute atomic E-state index is 12.7. The van der Waals surface area contributed by atoms with Crippen LogP contribution in [0.1, 0.15) is 16.7 Å². The van der Waals surface area contributed by atoms with Crippen LogP contribution in [-0.4, -0.2) is 30.3 Å². The Morgan fingerprint density at radius 1 is 0.971 bits per heavy atom. The quantitative estimate of drug-likeness (QED) is 0.324. The minimum Gasteiger partial charge on any atom is -0.497 e. The Morgan fingerprint density at radius 2 is 1.74 bits per heavy atom. The molecule has 2 aromatic heterocycles. The van der Waals surface area contributed by atoms with E-state index in [9.17, 15) is 4.79 Å². The summed E-state index contributed by atoms with van der Waals surface area (Å²) in [7, 11) is 3.23. The van der Waals surface area contributed by atoms with Gasteiger partial charge in [-0.3, -0.25) is 4.90 Å². The summed E-state index contributed by atoms with van der Waals surface area (Å²) < 4.78 is 15.8. The Bertz CT molecular complexity index is 1330. The molecule has 0 radical (unpaired) electrons. The van der Waals surface area contributed by atoms with Crippen LogP contribution < -0.4 is 14.4 Å². The summed E-state index contributed by atoms with van der Waals surface area (Å²) in [5.41, 5.74) is 4.40. The number of fused-ring (bicyclic) bond motifs is 3. The van der Waals surface area contributed by atoms with Crippen LogP contribution in [0.15, 0.2) is 71.8 Å². The van der Waals surface area contributed by atoms with Gasteiger partial charge < -0.3 is 14.2 Å². The molecule has 34 heavy (non-hydrogen) atoms. The molecule has 1 amide bonds. The highest BCUT2D eigenvalue weighted by Crippen LogP contribution is 2.35. The van der Waals surface area contributed by atoms with E-state index in [-0.39, 0.29) is 12.7 Å². The van der Waals surface area contributed by atoms with Crippen LogP contribution >= 0.6 is 11.8 Å². The summed E-state index contributed by atoms with van der Waals surface area (Å²) in [6, 6.07) is 20.0. The van der Waals surface area contributed by atoms with Gasteiger partial charge in [0.2, 0.25) is 5.88 Å². The minimum atomic E-state index is -0.381. The molecule has 172 valence electrons. The zero-order chi connectivity index (χ0) is 23.5. The number of methoxy groups -OCH3 is 2. The lowest BCUT2D eigenvalue weighted by molar-refractivity contribution is 0.141. The molecule has 0 unspecified atom stereocenters. The third-order valence-electron chi connectivity index (χ3n) is 5.63. The molecule has 0 bridgehead atoms. The average molecular weight is 474 g/mol. The van der Waals surface area contributed by atoms with Gasteiger partial charge in [-0.15, -0.1) is 11.8 Å². The lowest BCUT2D eigenvalue weighted by atomic mass is 10.1. The van der Waals surface area contributed by atoms with Crippen LogP contribution in [0.4, 0.5) is 10.5 Å². The summed E-state index contributed by atoms with van der Waals surface area (Å²) in [6.07, 6.45) is 1.33. The number of amides is 1. The number of aromatic nitrogens is 2. The van der Waals surface area contributed by atoms with Gasteiger partial charge >= 0.3 is 6.09 Å². The fraction of sp³-hybridized carbons (Fsp3) is 0.192. The topological polar surface area (TPSA) is 73.8 Å². The van der Waals surface area contributed by atoms with Crippen molar-refractivity contribution in [3.05, 3.63) is 83.6 Å². The number of rotatable bonds is 7. The molecule has 0 saturated carbocycles. The molecule has 0 N–H and O–H groups in total. The van der Waals surface area contributed by atoms with E-state index in [2.05, 4.69) is 34.2 Å². The van der Waals surface area contributed by atoms with Gasteiger partial charge in [0.25, 0.3) is 0 Å². The molecular weight excluding hydrogens is 450 g/mol. The second kappa shape index (κ2) is 9.61. The van der Waals surface area contributed by atoms with Gasteiger partial charge in [-0.2, -0.15) is 4.98 Å². The number of pyridine rings is 2. The minimum absolute atomic E-state index is 0.195. The highest BCUT2D eigenvalue weighted by molar-refractivity contribution is 7.98. The molecule has 0 fully saturated rings. The van der Waals surface area contributed by atoms with Gasteiger partial charge in [0.05, 0.1) is 26.5 Å². The highest BCUT2D eigenvalue weighted by Gasteiger charge is 2.28. The summed E-state index contributed by atoms with van der Waals surface area (Å²) in [5, 5.41) is 0.793. The third-order valence-corrected chi connectivity index (χ3v) is 6.71. The summed E-state index contributed by atoms with van der Waals surface area (Å²) in [6.45, 7) is 0.584. The number of anilines is 1. The van der Waals surface area contributed by atoms with Crippen molar-refractivity contribution in [3.63, 3.8) is 0 Å².